The van der Waals surface area contributed by atoms with E-state index < -0.39 is 0 Å². The summed E-state index contributed by atoms with van der Waals surface area (Å²) in [6, 6.07) is 13.3. The van der Waals surface area contributed by atoms with Gasteiger partial charge in [0.05, 0.1) is 11.4 Å². The van der Waals surface area contributed by atoms with Crippen LogP contribution < -0.4 is 0 Å². The van der Waals surface area contributed by atoms with Crippen molar-refractivity contribution in [3.63, 3.8) is 0 Å². The normalized spacial score (nSPS) is 18.4. The van der Waals surface area contributed by atoms with Crippen molar-refractivity contribution >= 4 is 42.9 Å². The molecule has 2 atom stereocenters. The van der Waals surface area contributed by atoms with E-state index in [0.29, 0.717) is 35.5 Å². The molecule has 0 aromatic heterocycles. The van der Waals surface area contributed by atoms with Crippen LogP contribution in [-0.4, -0.2) is 12.4 Å². The molecule has 0 radical (unpaired) electrons. The van der Waals surface area contributed by atoms with Gasteiger partial charge in [0.1, 0.15) is 0 Å². The fourth-order valence-corrected chi connectivity index (χ4v) is 5.05. The summed E-state index contributed by atoms with van der Waals surface area (Å²) in [7, 11) is 9.63. The average Bonchev–Trinajstić information content (AvgIpc) is 3.28. The molecule has 5 heteroatoms. The third kappa shape index (κ3) is 8.53. The van der Waals surface area contributed by atoms with Gasteiger partial charge in [0, 0.05) is 24.3 Å². The molecular formula is C31H44Cl2N2Pd. The Bertz CT molecular complexity index is 880. The van der Waals surface area contributed by atoms with Gasteiger partial charge in [-0.1, -0.05) is 98.2 Å². The Morgan fingerprint density at radius 1 is 0.639 bits per heavy atom. The molecule has 0 bridgehead atoms. The summed E-state index contributed by atoms with van der Waals surface area (Å²) in [6.45, 7) is 18.1. The van der Waals surface area contributed by atoms with E-state index in [-0.39, 0.29) is 15.9 Å². The standard InChI is InChI=1S/C31H44N2.2ClH.Pd/c1-20(2)26-14-10-15-27(21(3)4)30(26)32-18-24-12-9-13-25(24)19-33-31-28(22(5)6)16-11-17-29(31)23(7)8;;;/h10-11,14-25H,9,12-13H2,1-8H3;2*1H;/q;;;+2/p-2. The molecule has 1 aliphatic rings. The minimum atomic E-state index is -0.106. The number of halogens is 2. The Balaban J connectivity index is 0.00000145. The monoisotopic (exact) mass is 620 g/mol. The second-order valence-electron chi connectivity index (χ2n) is 11.0. The number of benzene rings is 2. The van der Waals surface area contributed by atoms with Gasteiger partial charge in [-0.05, 0) is 58.8 Å². The first-order valence-electron chi connectivity index (χ1n) is 13.3. The molecule has 1 saturated carbocycles. The molecule has 2 aromatic rings. The summed E-state index contributed by atoms with van der Waals surface area (Å²) in [6.07, 6.45) is 8.13. The van der Waals surface area contributed by atoms with Crippen molar-refractivity contribution in [1.82, 2.24) is 0 Å². The fourth-order valence-electron chi connectivity index (χ4n) is 5.05. The molecule has 202 valence electrons. The van der Waals surface area contributed by atoms with E-state index in [2.05, 4.69) is 104 Å². The van der Waals surface area contributed by atoms with Gasteiger partial charge in [-0.25, -0.2) is 0 Å². The number of hydrogen-bond donors (Lipinski definition) is 0. The van der Waals surface area contributed by atoms with E-state index in [1.807, 2.05) is 0 Å². The van der Waals surface area contributed by atoms with Crippen molar-refractivity contribution in [2.24, 2.45) is 21.8 Å². The zero-order valence-electron chi connectivity index (χ0n) is 23.2. The van der Waals surface area contributed by atoms with Crippen LogP contribution in [0.1, 0.15) is 121 Å². The predicted molar refractivity (Wildman–Crippen MR) is 158 cm³/mol. The van der Waals surface area contributed by atoms with Gasteiger partial charge in [-0.15, -0.1) is 0 Å². The van der Waals surface area contributed by atoms with Gasteiger partial charge in [0.2, 0.25) is 0 Å². The third-order valence-corrected chi connectivity index (χ3v) is 7.10. The zero-order chi connectivity index (χ0) is 26.8. The fraction of sp³-hybridized carbons (Fsp3) is 0.548. The van der Waals surface area contributed by atoms with Crippen LogP contribution in [0.4, 0.5) is 11.4 Å². The molecule has 3 rings (SSSR count). The Morgan fingerprint density at radius 2 is 0.917 bits per heavy atom. The molecule has 1 aliphatic carbocycles. The second kappa shape index (κ2) is 15.4. The van der Waals surface area contributed by atoms with E-state index in [1.54, 1.807) is 0 Å². The maximum atomic E-state index is 5.14. The van der Waals surface area contributed by atoms with Crippen molar-refractivity contribution in [1.29, 1.82) is 0 Å². The quantitative estimate of drug-likeness (QED) is 0.207. The van der Waals surface area contributed by atoms with Gasteiger partial charge >= 0.3 is 35.0 Å². The number of hydrogen-bond acceptors (Lipinski definition) is 2. The molecule has 1 fully saturated rings. The molecule has 0 heterocycles. The van der Waals surface area contributed by atoms with Crippen LogP contribution in [0, 0.1) is 11.8 Å². The summed E-state index contributed by atoms with van der Waals surface area (Å²) >= 11 is -0.106. The van der Waals surface area contributed by atoms with Gasteiger partial charge in [-0.3, -0.25) is 9.98 Å². The van der Waals surface area contributed by atoms with Crippen molar-refractivity contribution in [3.8, 4) is 0 Å². The molecule has 0 saturated heterocycles. The summed E-state index contributed by atoms with van der Waals surface area (Å²) in [5.41, 5.74) is 7.80. The number of rotatable bonds is 8. The number of aliphatic imine (C=N–C) groups is 2. The Labute approximate surface area is 236 Å². The van der Waals surface area contributed by atoms with Crippen LogP contribution in [0.3, 0.4) is 0 Å². The predicted octanol–water partition coefficient (Wildman–Crippen LogP) is 11.1. The maximum absolute atomic E-state index is 5.14. The Morgan fingerprint density at radius 3 is 1.17 bits per heavy atom. The van der Waals surface area contributed by atoms with Crippen LogP contribution in [0.2, 0.25) is 0 Å². The molecular weight excluding hydrogens is 578 g/mol. The average molecular weight is 622 g/mol. The first kappa shape index (κ1) is 31.2. The Hall–Kier alpha value is -0.978. The SMILES string of the molecule is CC(C)c1cccc(C(C)C)c1N=CC1CCCC1C=Nc1c(C(C)C)cccc1C(C)C.[Cl][Pd][Cl]. The first-order valence-corrected chi connectivity index (χ1v) is 17.3. The van der Waals surface area contributed by atoms with Gasteiger partial charge in [0.25, 0.3) is 0 Å². The van der Waals surface area contributed by atoms with Crippen molar-refractivity contribution < 1.29 is 15.9 Å². The first-order chi connectivity index (χ1) is 17.1. The van der Waals surface area contributed by atoms with Crippen LogP contribution >= 0.6 is 19.1 Å². The molecule has 0 aliphatic heterocycles. The van der Waals surface area contributed by atoms with E-state index >= 15 is 0 Å². The summed E-state index contributed by atoms with van der Waals surface area (Å²) in [4.78, 5) is 10.3. The molecule has 0 amide bonds. The summed E-state index contributed by atoms with van der Waals surface area (Å²) in [5.74, 6) is 2.81. The second-order valence-corrected chi connectivity index (χ2v) is 13.4. The summed E-state index contributed by atoms with van der Waals surface area (Å²) < 4.78 is 0. The van der Waals surface area contributed by atoms with Crippen molar-refractivity contribution in [2.75, 3.05) is 0 Å². The van der Waals surface area contributed by atoms with Crippen molar-refractivity contribution in [2.45, 2.75) is 98.3 Å². The van der Waals surface area contributed by atoms with Crippen LogP contribution in [-0.2, 0) is 15.9 Å². The molecule has 36 heavy (non-hydrogen) atoms. The minimum absolute atomic E-state index is 0.106. The van der Waals surface area contributed by atoms with Crippen LogP contribution in [0.15, 0.2) is 46.4 Å². The van der Waals surface area contributed by atoms with E-state index in [0.717, 1.165) is 0 Å². The molecule has 0 N–H and O–H groups in total. The van der Waals surface area contributed by atoms with Gasteiger partial charge < -0.3 is 0 Å². The van der Waals surface area contributed by atoms with E-state index in [9.17, 15) is 0 Å². The molecule has 2 aromatic carbocycles. The van der Waals surface area contributed by atoms with Crippen LogP contribution in [0.25, 0.3) is 0 Å². The topological polar surface area (TPSA) is 24.7 Å². The Kier molecular flexibility index (Phi) is 13.4. The van der Waals surface area contributed by atoms with Crippen molar-refractivity contribution in [3.05, 3.63) is 58.7 Å². The van der Waals surface area contributed by atoms with E-state index in [4.69, 9.17) is 29.0 Å². The van der Waals surface area contributed by atoms with Gasteiger partial charge in [0.15, 0.2) is 0 Å². The zero-order valence-corrected chi connectivity index (χ0v) is 26.2. The van der Waals surface area contributed by atoms with E-state index in [1.165, 1.54) is 52.9 Å². The van der Waals surface area contributed by atoms with Gasteiger partial charge in [-0.2, -0.15) is 0 Å². The van der Waals surface area contributed by atoms with Crippen LogP contribution in [0.5, 0.6) is 0 Å². The molecule has 0 spiro atoms. The summed E-state index contributed by atoms with van der Waals surface area (Å²) in [5, 5.41) is 0. The molecule has 2 unspecified atom stereocenters. The molecule has 2 nitrogen and oxygen atoms in total. The number of para-hydroxylation sites is 2. The third-order valence-electron chi connectivity index (χ3n) is 7.10. The number of nitrogens with zero attached hydrogens (tertiary/aromatic N) is 2.